The van der Waals surface area contributed by atoms with E-state index >= 15 is 0 Å². The number of aliphatic hydroxyl groups is 3. The molecule has 0 aromatic heterocycles. The molecular weight excluding hydrogens is 418 g/mol. The summed E-state index contributed by atoms with van der Waals surface area (Å²) in [6.07, 6.45) is 0.279. The number of nitrogens with zero attached hydrogens (tertiary/aromatic N) is 1. The number of fused-ring (bicyclic) bond motifs is 3. The van der Waals surface area contributed by atoms with Crippen molar-refractivity contribution in [2.24, 2.45) is 23.3 Å². The summed E-state index contributed by atoms with van der Waals surface area (Å²) in [6.45, 7) is 0.130. The summed E-state index contributed by atoms with van der Waals surface area (Å²) in [7, 11) is 3.16. The second kappa shape index (κ2) is 7.16. The number of rotatable bonds is 3. The van der Waals surface area contributed by atoms with Gasteiger partial charge in [0.1, 0.15) is 22.8 Å². The second-order valence-corrected chi connectivity index (χ2v) is 8.76. The van der Waals surface area contributed by atoms with Crippen LogP contribution in [0, 0.1) is 11.8 Å². The van der Waals surface area contributed by atoms with Crippen molar-refractivity contribution in [2.45, 2.75) is 31.0 Å². The highest BCUT2D eigenvalue weighted by atomic mass is 16.3. The number of nitrogens with two attached hydrogens (primary N) is 2. The number of hydrogen-bond donors (Lipinski definition) is 6. The zero-order valence-corrected chi connectivity index (χ0v) is 17.6. The molecule has 10 heteroatoms. The van der Waals surface area contributed by atoms with E-state index in [2.05, 4.69) is 0 Å². The van der Waals surface area contributed by atoms with Gasteiger partial charge in [-0.25, -0.2) is 0 Å². The van der Waals surface area contributed by atoms with Crippen LogP contribution < -0.4 is 11.5 Å². The average molecular weight is 443 g/mol. The summed E-state index contributed by atoms with van der Waals surface area (Å²) in [6, 6.07) is 1.94. The molecule has 1 aromatic rings. The predicted octanol–water partition coefficient (Wildman–Crippen LogP) is -0.421. The van der Waals surface area contributed by atoms with Crippen LogP contribution in [0.4, 0.5) is 0 Å². The van der Waals surface area contributed by atoms with Crippen molar-refractivity contribution in [3.8, 4) is 5.75 Å². The minimum Gasteiger partial charge on any atom is -0.510 e. The second-order valence-electron chi connectivity index (χ2n) is 8.76. The lowest BCUT2D eigenvalue weighted by atomic mass is 9.58. The first-order chi connectivity index (χ1) is 15.0. The molecule has 1 amide bonds. The van der Waals surface area contributed by atoms with Gasteiger partial charge >= 0.3 is 0 Å². The number of aliphatic hydroxyl groups excluding tert-OH is 2. The number of Topliss-reactive ketones (excluding diaryl/α,β-unsaturated/α-hetero) is 2. The van der Waals surface area contributed by atoms with Crippen LogP contribution >= 0.6 is 0 Å². The zero-order chi connectivity index (χ0) is 23.7. The van der Waals surface area contributed by atoms with Gasteiger partial charge < -0.3 is 31.9 Å². The Morgan fingerprint density at radius 2 is 1.88 bits per heavy atom. The van der Waals surface area contributed by atoms with E-state index in [9.17, 15) is 34.8 Å². The highest BCUT2D eigenvalue weighted by Gasteiger charge is 2.63. The number of primary amides is 1. The van der Waals surface area contributed by atoms with Gasteiger partial charge in [-0.15, -0.1) is 0 Å². The fraction of sp³-hybridized carbons (Fsp3) is 0.409. The maximum Gasteiger partial charge on any atom is 0.255 e. The zero-order valence-electron chi connectivity index (χ0n) is 17.6. The van der Waals surface area contributed by atoms with E-state index < -0.39 is 58.0 Å². The van der Waals surface area contributed by atoms with E-state index in [-0.39, 0.29) is 36.3 Å². The molecule has 3 aliphatic rings. The molecule has 32 heavy (non-hydrogen) atoms. The third-order valence-electron chi connectivity index (χ3n) is 6.92. The van der Waals surface area contributed by atoms with Crippen LogP contribution in [0.5, 0.6) is 5.75 Å². The third kappa shape index (κ3) is 2.66. The number of carbonyl (C=O) groups is 3. The first-order valence-corrected chi connectivity index (χ1v) is 10.1. The number of aromatic hydroxyl groups is 1. The molecule has 0 saturated carbocycles. The van der Waals surface area contributed by atoms with E-state index in [1.165, 1.54) is 11.0 Å². The number of ketones is 2. The van der Waals surface area contributed by atoms with E-state index in [0.29, 0.717) is 11.1 Å². The van der Waals surface area contributed by atoms with Gasteiger partial charge in [0.2, 0.25) is 5.78 Å². The van der Waals surface area contributed by atoms with E-state index in [1.54, 1.807) is 20.2 Å². The Balaban J connectivity index is 1.98. The third-order valence-corrected chi connectivity index (χ3v) is 6.92. The lowest BCUT2D eigenvalue weighted by Gasteiger charge is -2.50. The molecule has 4 atom stereocenters. The van der Waals surface area contributed by atoms with Crippen LogP contribution in [-0.2, 0) is 22.6 Å². The number of likely N-dealkylation sites (N-methyl/N-ethyl adjacent to an activating group) is 1. The number of allylic oxidation sites excluding steroid dienone is 1. The standard InChI is InChI=1S/C22H25N3O7/c1-25(2)16-11-6-9-5-10-8(7-23)3-4-12(26)14(10)17(27)13(9)19(29)22(11,32)20(30)15(18(16)28)21(24)31/h3-4,9,11,16,26,28-29,32H,5-7,23H2,1-2H3,(H2,24,31)/t9?,11?,16-,22-/m0/s1. The van der Waals surface area contributed by atoms with Gasteiger partial charge in [-0.05, 0) is 50.0 Å². The van der Waals surface area contributed by atoms with Crippen molar-refractivity contribution in [2.75, 3.05) is 14.1 Å². The summed E-state index contributed by atoms with van der Waals surface area (Å²) >= 11 is 0. The monoisotopic (exact) mass is 443 g/mol. The van der Waals surface area contributed by atoms with Crippen LogP contribution in [0.25, 0.3) is 0 Å². The topological polar surface area (TPSA) is 187 Å². The molecule has 10 nitrogen and oxygen atoms in total. The molecule has 0 bridgehead atoms. The van der Waals surface area contributed by atoms with Crippen LogP contribution in [0.15, 0.2) is 34.8 Å². The lowest BCUT2D eigenvalue weighted by Crippen LogP contribution is -2.63. The molecule has 1 aromatic carbocycles. The number of carbonyl (C=O) groups excluding carboxylic acids is 3. The SMILES string of the molecule is CN(C)[C@@H]1C(O)=C(C(N)=O)C(=O)[C@@]2(O)C(O)=C3C(=O)c4c(O)ccc(CN)c4CC3CC12. The minimum atomic E-state index is -2.63. The van der Waals surface area contributed by atoms with E-state index in [0.717, 1.165) is 0 Å². The first kappa shape index (κ1) is 22.0. The summed E-state index contributed by atoms with van der Waals surface area (Å²) in [5.41, 5.74) is 8.63. The lowest BCUT2D eigenvalue weighted by molar-refractivity contribution is -0.148. The summed E-state index contributed by atoms with van der Waals surface area (Å²) in [5, 5.41) is 43.6. The van der Waals surface area contributed by atoms with Gasteiger partial charge in [0.15, 0.2) is 11.4 Å². The normalized spacial score (nSPS) is 29.7. The molecule has 0 radical (unpaired) electrons. The number of hydrogen-bond acceptors (Lipinski definition) is 9. The fourth-order valence-corrected chi connectivity index (χ4v) is 5.51. The Hall–Kier alpha value is -3.21. The van der Waals surface area contributed by atoms with E-state index in [1.807, 2.05) is 0 Å². The summed E-state index contributed by atoms with van der Waals surface area (Å²) in [4.78, 5) is 40.0. The number of phenols is 1. The van der Waals surface area contributed by atoms with Gasteiger partial charge in [0, 0.05) is 18.0 Å². The Labute approximate surface area is 183 Å². The Bertz CT molecular complexity index is 1140. The Kier molecular flexibility index (Phi) is 4.92. The number of benzene rings is 1. The quantitative estimate of drug-likeness (QED) is 0.337. The highest BCUT2D eigenvalue weighted by molar-refractivity contribution is 6.24. The first-order valence-electron chi connectivity index (χ1n) is 10.1. The van der Waals surface area contributed by atoms with Gasteiger partial charge in [-0.1, -0.05) is 6.07 Å². The Morgan fingerprint density at radius 1 is 1.22 bits per heavy atom. The molecule has 0 spiro atoms. The molecule has 0 aliphatic heterocycles. The fourth-order valence-electron chi connectivity index (χ4n) is 5.51. The summed E-state index contributed by atoms with van der Waals surface area (Å²) < 4.78 is 0. The van der Waals surface area contributed by atoms with Crippen molar-refractivity contribution in [1.29, 1.82) is 0 Å². The van der Waals surface area contributed by atoms with Gasteiger partial charge in [-0.2, -0.15) is 0 Å². The predicted molar refractivity (Wildman–Crippen MR) is 112 cm³/mol. The smallest absolute Gasteiger partial charge is 0.255 e. The molecule has 8 N–H and O–H groups in total. The van der Waals surface area contributed by atoms with Gasteiger partial charge in [0.25, 0.3) is 5.91 Å². The number of phenolic OH excluding ortho intramolecular Hbond substituents is 1. The van der Waals surface area contributed by atoms with Crippen LogP contribution in [0.1, 0.15) is 27.9 Å². The maximum atomic E-state index is 13.4. The van der Waals surface area contributed by atoms with Crippen LogP contribution in [0.3, 0.4) is 0 Å². The molecule has 4 rings (SSSR count). The molecule has 0 fully saturated rings. The van der Waals surface area contributed by atoms with Crippen molar-refractivity contribution < 1.29 is 34.8 Å². The minimum absolute atomic E-state index is 0.0336. The molecule has 170 valence electrons. The van der Waals surface area contributed by atoms with Crippen molar-refractivity contribution in [3.63, 3.8) is 0 Å². The largest absolute Gasteiger partial charge is 0.510 e. The van der Waals surface area contributed by atoms with Crippen molar-refractivity contribution in [3.05, 3.63) is 51.5 Å². The molecule has 0 heterocycles. The van der Waals surface area contributed by atoms with E-state index in [4.69, 9.17) is 11.5 Å². The van der Waals surface area contributed by atoms with Crippen LogP contribution in [0.2, 0.25) is 0 Å². The molecular formula is C22H25N3O7. The highest BCUT2D eigenvalue weighted by Crippen LogP contribution is 2.52. The van der Waals surface area contributed by atoms with Crippen LogP contribution in [-0.4, -0.2) is 68.5 Å². The number of amides is 1. The van der Waals surface area contributed by atoms with Gasteiger partial charge in [0.05, 0.1) is 11.6 Å². The molecule has 2 unspecified atom stereocenters. The molecule has 3 aliphatic carbocycles. The van der Waals surface area contributed by atoms with Gasteiger partial charge in [-0.3, -0.25) is 19.3 Å². The average Bonchev–Trinajstić information content (AvgIpc) is 2.70. The van der Waals surface area contributed by atoms with Crippen molar-refractivity contribution >= 4 is 17.5 Å². The Morgan fingerprint density at radius 3 is 2.44 bits per heavy atom. The van der Waals surface area contributed by atoms with Crippen molar-refractivity contribution in [1.82, 2.24) is 4.90 Å². The summed E-state index contributed by atoms with van der Waals surface area (Å²) in [5.74, 6) is -6.66. The molecule has 0 saturated heterocycles. The maximum absolute atomic E-state index is 13.4.